The van der Waals surface area contributed by atoms with E-state index in [4.69, 9.17) is 0 Å². The van der Waals surface area contributed by atoms with Gasteiger partial charge in [0.25, 0.3) is 0 Å². The third-order valence-corrected chi connectivity index (χ3v) is 4.98. The van der Waals surface area contributed by atoms with E-state index in [9.17, 15) is 8.76 Å². The van der Waals surface area contributed by atoms with E-state index < -0.39 is 7.68 Å². The highest BCUT2D eigenvalue weighted by Crippen LogP contribution is 2.48. The van der Waals surface area contributed by atoms with Crippen LogP contribution in [0.2, 0.25) is 0 Å². The Labute approximate surface area is 142 Å². The number of hydrogen-bond donors (Lipinski definition) is 0. The molecule has 0 aromatic heterocycles. The minimum absolute atomic E-state index is 0.0436. The average molecular weight is 344 g/mol. The van der Waals surface area contributed by atoms with Crippen LogP contribution in [0.15, 0.2) is 36.5 Å². The molecule has 2 nitrogen and oxygen atoms in total. The quantitative estimate of drug-likeness (QED) is 0.176. The van der Waals surface area contributed by atoms with Gasteiger partial charge in [-0.05, 0) is 44.9 Å². The van der Waals surface area contributed by atoms with Crippen LogP contribution in [-0.2, 0) is 9.09 Å². The van der Waals surface area contributed by atoms with Crippen LogP contribution in [0.4, 0.5) is 4.20 Å². The summed E-state index contributed by atoms with van der Waals surface area (Å²) >= 11 is 0. The van der Waals surface area contributed by atoms with Gasteiger partial charge in [0.15, 0.2) is 0 Å². The molecule has 0 rings (SSSR count). The zero-order valence-corrected chi connectivity index (χ0v) is 15.8. The molecular weight excluding hydrogens is 310 g/mol. The van der Waals surface area contributed by atoms with Crippen LogP contribution in [0.3, 0.4) is 0 Å². The molecule has 0 saturated carbocycles. The summed E-state index contributed by atoms with van der Waals surface area (Å²) < 4.78 is 28.3. The molecule has 0 radical (unpaired) electrons. The number of hydrogen-bond acceptors (Lipinski definition) is 2. The maximum absolute atomic E-state index is 13.0. The van der Waals surface area contributed by atoms with E-state index in [-0.39, 0.29) is 6.16 Å². The molecule has 0 N–H and O–H groups in total. The van der Waals surface area contributed by atoms with Crippen LogP contribution in [0.1, 0.15) is 71.1 Å². The zero-order chi connectivity index (χ0) is 17.2. The minimum atomic E-state index is -3.79. The Hall–Kier alpha value is -0.660. The maximum Gasteiger partial charge on any atom is 0.367 e. The fraction of sp³-hybridized carbons (Fsp3) is 0.684. The Morgan fingerprint density at radius 2 is 1.35 bits per heavy atom. The van der Waals surface area contributed by atoms with E-state index in [1.54, 1.807) is 0 Å². The molecule has 134 valence electrons. The molecule has 0 amide bonds. The van der Waals surface area contributed by atoms with Crippen LogP contribution in [0, 0.1) is 0 Å². The summed E-state index contributed by atoms with van der Waals surface area (Å²) in [6.07, 6.45) is 23.9. The van der Waals surface area contributed by atoms with Crippen LogP contribution in [-0.4, -0.2) is 13.3 Å². The van der Waals surface area contributed by atoms with E-state index >= 15 is 0 Å². The van der Waals surface area contributed by atoms with Crippen molar-refractivity contribution in [2.45, 2.75) is 71.1 Å². The highest BCUT2D eigenvalue weighted by Gasteiger charge is 2.18. The SMILES string of the molecule is CCCCC/C=C\C/C=C\C/C=C\CCCCC[P@](=O)(F)OC. The molecule has 0 aliphatic carbocycles. The summed E-state index contributed by atoms with van der Waals surface area (Å²) in [6.45, 7) is 2.23. The third kappa shape index (κ3) is 17.5. The van der Waals surface area contributed by atoms with Crippen molar-refractivity contribution < 1.29 is 13.3 Å². The fourth-order valence-electron chi connectivity index (χ4n) is 2.12. The molecule has 0 spiro atoms. The molecule has 0 aliphatic heterocycles. The van der Waals surface area contributed by atoms with Gasteiger partial charge < -0.3 is 4.52 Å². The summed E-state index contributed by atoms with van der Waals surface area (Å²) in [4.78, 5) is 0. The van der Waals surface area contributed by atoms with E-state index in [0.717, 1.165) is 32.1 Å². The first kappa shape index (κ1) is 22.3. The first-order chi connectivity index (χ1) is 11.1. The Balaban J connectivity index is 3.40. The van der Waals surface area contributed by atoms with Crippen molar-refractivity contribution in [2.24, 2.45) is 0 Å². The molecule has 0 aliphatic rings. The summed E-state index contributed by atoms with van der Waals surface area (Å²) in [5.41, 5.74) is 0. The number of halogens is 1. The van der Waals surface area contributed by atoms with E-state index in [2.05, 4.69) is 47.9 Å². The van der Waals surface area contributed by atoms with Gasteiger partial charge in [-0.25, -0.2) is 0 Å². The van der Waals surface area contributed by atoms with Crippen molar-refractivity contribution in [1.82, 2.24) is 0 Å². The smallest absolute Gasteiger partial charge is 0.309 e. The highest BCUT2D eigenvalue weighted by molar-refractivity contribution is 7.53. The average Bonchev–Trinajstić information content (AvgIpc) is 2.54. The van der Waals surface area contributed by atoms with Gasteiger partial charge in [-0.2, -0.15) is 4.20 Å². The van der Waals surface area contributed by atoms with E-state index in [0.29, 0.717) is 6.42 Å². The molecule has 0 aromatic carbocycles. The first-order valence-corrected chi connectivity index (χ1v) is 10.6. The topological polar surface area (TPSA) is 26.3 Å². The van der Waals surface area contributed by atoms with Gasteiger partial charge in [-0.15, -0.1) is 0 Å². The summed E-state index contributed by atoms with van der Waals surface area (Å²) in [5.74, 6) is 0. The summed E-state index contributed by atoms with van der Waals surface area (Å²) in [5, 5.41) is 0. The second kappa shape index (κ2) is 16.2. The molecular formula is C19H34FO2P. The fourth-order valence-corrected chi connectivity index (χ4v) is 2.90. The van der Waals surface area contributed by atoms with Gasteiger partial charge in [-0.1, -0.05) is 62.6 Å². The van der Waals surface area contributed by atoms with E-state index in [1.807, 2.05) is 0 Å². The number of allylic oxidation sites excluding steroid dienone is 6. The summed E-state index contributed by atoms with van der Waals surface area (Å²) in [6, 6.07) is 0. The third-order valence-electron chi connectivity index (χ3n) is 3.59. The van der Waals surface area contributed by atoms with Crippen LogP contribution in [0.5, 0.6) is 0 Å². The molecule has 0 saturated heterocycles. The first-order valence-electron chi connectivity index (χ1n) is 8.92. The van der Waals surface area contributed by atoms with Crippen molar-refractivity contribution in [3.05, 3.63) is 36.5 Å². The van der Waals surface area contributed by atoms with E-state index in [1.165, 1.54) is 32.8 Å². The molecule has 23 heavy (non-hydrogen) atoms. The van der Waals surface area contributed by atoms with Gasteiger partial charge >= 0.3 is 7.68 Å². The highest BCUT2D eigenvalue weighted by atomic mass is 31.2. The van der Waals surface area contributed by atoms with Gasteiger partial charge in [-0.3, -0.25) is 4.57 Å². The largest absolute Gasteiger partial charge is 0.367 e. The molecule has 0 bridgehead atoms. The Bertz CT molecular complexity index is 389. The second-order valence-corrected chi connectivity index (χ2v) is 7.72. The minimum Gasteiger partial charge on any atom is -0.309 e. The van der Waals surface area contributed by atoms with Gasteiger partial charge in [0.05, 0.1) is 6.16 Å². The van der Waals surface area contributed by atoms with Gasteiger partial charge in [0.1, 0.15) is 0 Å². The van der Waals surface area contributed by atoms with Crippen molar-refractivity contribution in [3.8, 4) is 0 Å². The Morgan fingerprint density at radius 1 is 0.826 bits per heavy atom. The van der Waals surface area contributed by atoms with Crippen LogP contribution < -0.4 is 0 Å². The van der Waals surface area contributed by atoms with Gasteiger partial charge in [0.2, 0.25) is 0 Å². The Kier molecular flexibility index (Phi) is 15.7. The lowest BCUT2D eigenvalue weighted by Crippen LogP contribution is -1.87. The molecule has 1 atom stereocenters. The lowest BCUT2D eigenvalue weighted by Gasteiger charge is -2.04. The zero-order valence-electron chi connectivity index (χ0n) is 14.9. The molecule has 0 aromatic rings. The molecule has 4 heteroatoms. The van der Waals surface area contributed by atoms with Crippen molar-refractivity contribution in [3.63, 3.8) is 0 Å². The van der Waals surface area contributed by atoms with Crippen molar-refractivity contribution >= 4 is 7.68 Å². The molecule has 0 unspecified atom stereocenters. The van der Waals surface area contributed by atoms with Crippen LogP contribution in [0.25, 0.3) is 0 Å². The predicted octanol–water partition coefficient (Wildman–Crippen LogP) is 7.38. The standard InChI is InChI=1S/C19H34FO2P/c1-3-4-5-6-7-8-9-10-11-12-13-14-15-16-17-18-19-23(20,21)22-2/h7-8,10-11,13-14H,3-6,9,12,15-19H2,1-2H3/b8-7-,11-10-,14-13-/t23-/m1/s1. The molecule has 0 fully saturated rings. The van der Waals surface area contributed by atoms with Crippen LogP contribution >= 0.6 is 7.68 Å². The lowest BCUT2D eigenvalue weighted by molar-refractivity contribution is 0.354. The number of unbranched alkanes of at least 4 members (excludes halogenated alkanes) is 6. The second-order valence-electron chi connectivity index (χ2n) is 5.73. The van der Waals surface area contributed by atoms with Crippen molar-refractivity contribution in [1.29, 1.82) is 0 Å². The lowest BCUT2D eigenvalue weighted by atomic mass is 10.2. The molecule has 0 heterocycles. The summed E-state index contributed by atoms with van der Waals surface area (Å²) in [7, 11) is -2.63. The normalized spacial score (nSPS) is 15.1. The van der Waals surface area contributed by atoms with Gasteiger partial charge in [0, 0.05) is 7.11 Å². The monoisotopic (exact) mass is 344 g/mol. The maximum atomic E-state index is 13.0. The Morgan fingerprint density at radius 3 is 1.87 bits per heavy atom. The van der Waals surface area contributed by atoms with Crippen molar-refractivity contribution in [2.75, 3.05) is 13.3 Å². The number of rotatable bonds is 15. The predicted molar refractivity (Wildman–Crippen MR) is 99.9 cm³/mol.